The number of hydrogen-bond acceptors (Lipinski definition) is 3. The molecular weight excluding hydrogens is 250 g/mol. The van der Waals surface area contributed by atoms with Crippen molar-refractivity contribution in [3.05, 3.63) is 12.3 Å². The minimum Gasteiger partial charge on any atom is -0.391 e. The number of nitrogens with one attached hydrogen (secondary N) is 2. The van der Waals surface area contributed by atoms with Crippen LogP contribution in [0.5, 0.6) is 0 Å². The Morgan fingerprint density at radius 3 is 2.65 bits per heavy atom. The molecule has 0 saturated carbocycles. The molecule has 0 aromatic rings. The summed E-state index contributed by atoms with van der Waals surface area (Å²) >= 11 is 0. The van der Waals surface area contributed by atoms with Gasteiger partial charge in [-0.05, 0) is 50.3 Å². The van der Waals surface area contributed by atoms with Gasteiger partial charge in [0.15, 0.2) is 0 Å². The van der Waals surface area contributed by atoms with Crippen molar-refractivity contribution in [3.63, 3.8) is 0 Å². The number of hydrogen-bond donors (Lipinski definition) is 3. The Kier molecular flexibility index (Phi) is 12.3. The summed E-state index contributed by atoms with van der Waals surface area (Å²) in [6.45, 7) is 8.92. The Balaban J connectivity index is 3.54. The van der Waals surface area contributed by atoms with Crippen LogP contribution in [0.25, 0.3) is 0 Å². The molecule has 4 nitrogen and oxygen atoms in total. The van der Waals surface area contributed by atoms with Gasteiger partial charge in [0.1, 0.15) is 0 Å². The fourth-order valence-corrected chi connectivity index (χ4v) is 1.80. The first kappa shape index (κ1) is 19.0. The summed E-state index contributed by atoms with van der Waals surface area (Å²) in [7, 11) is 0. The van der Waals surface area contributed by atoms with Crippen molar-refractivity contribution in [2.24, 2.45) is 17.6 Å². The fraction of sp³-hybridized carbons (Fsp3) is 0.812. The lowest BCUT2D eigenvalue weighted by molar-refractivity contribution is -0.121. The molecule has 2 unspecified atom stereocenters. The van der Waals surface area contributed by atoms with E-state index in [0.29, 0.717) is 18.3 Å². The average Bonchev–Trinajstić information content (AvgIpc) is 2.45. The van der Waals surface area contributed by atoms with Crippen LogP contribution in [0.3, 0.4) is 0 Å². The zero-order chi connectivity index (χ0) is 15.2. The van der Waals surface area contributed by atoms with Gasteiger partial charge in [0.05, 0.1) is 0 Å². The Labute approximate surface area is 124 Å². The second kappa shape index (κ2) is 13.0. The minimum absolute atomic E-state index is 0.159. The molecule has 0 aliphatic heterocycles. The highest BCUT2D eigenvalue weighted by molar-refractivity contribution is 5.75. The van der Waals surface area contributed by atoms with Gasteiger partial charge < -0.3 is 16.4 Å². The third-order valence-corrected chi connectivity index (χ3v) is 3.36. The lowest BCUT2D eigenvalue weighted by Crippen LogP contribution is -2.25. The van der Waals surface area contributed by atoms with E-state index in [-0.39, 0.29) is 5.91 Å². The van der Waals surface area contributed by atoms with E-state index in [1.165, 1.54) is 0 Å². The SMILES string of the molecule is CCCN/C=C/C(C)CCC(=O)NCCCC(C)CN. The van der Waals surface area contributed by atoms with Gasteiger partial charge in [-0.3, -0.25) is 4.79 Å². The number of nitrogens with two attached hydrogens (primary N) is 1. The predicted molar refractivity (Wildman–Crippen MR) is 86.3 cm³/mol. The average molecular weight is 283 g/mol. The molecule has 0 rings (SSSR count). The van der Waals surface area contributed by atoms with E-state index in [2.05, 4.69) is 37.5 Å². The molecule has 0 bridgehead atoms. The smallest absolute Gasteiger partial charge is 0.220 e. The Hall–Kier alpha value is -1.03. The van der Waals surface area contributed by atoms with Crippen molar-refractivity contribution in [1.29, 1.82) is 0 Å². The Morgan fingerprint density at radius 2 is 2.00 bits per heavy atom. The monoisotopic (exact) mass is 283 g/mol. The van der Waals surface area contributed by atoms with Crippen molar-refractivity contribution in [2.45, 2.75) is 52.9 Å². The summed E-state index contributed by atoms with van der Waals surface area (Å²) in [5.74, 6) is 1.14. The molecule has 2 atom stereocenters. The molecule has 0 saturated heterocycles. The molecule has 4 heteroatoms. The fourth-order valence-electron chi connectivity index (χ4n) is 1.80. The van der Waals surface area contributed by atoms with Crippen molar-refractivity contribution in [1.82, 2.24) is 10.6 Å². The van der Waals surface area contributed by atoms with E-state index in [1.807, 2.05) is 6.20 Å². The van der Waals surface area contributed by atoms with E-state index < -0.39 is 0 Å². The number of carbonyl (C=O) groups is 1. The van der Waals surface area contributed by atoms with Gasteiger partial charge in [-0.15, -0.1) is 0 Å². The van der Waals surface area contributed by atoms with Crippen LogP contribution in [-0.2, 0) is 4.79 Å². The lowest BCUT2D eigenvalue weighted by atomic mass is 10.0. The van der Waals surface area contributed by atoms with E-state index in [9.17, 15) is 4.79 Å². The van der Waals surface area contributed by atoms with E-state index >= 15 is 0 Å². The molecule has 0 aromatic carbocycles. The van der Waals surface area contributed by atoms with E-state index in [0.717, 1.165) is 45.3 Å². The summed E-state index contributed by atoms with van der Waals surface area (Å²) in [6, 6.07) is 0. The maximum absolute atomic E-state index is 11.7. The molecule has 0 aliphatic rings. The van der Waals surface area contributed by atoms with Crippen molar-refractivity contribution < 1.29 is 4.79 Å². The highest BCUT2D eigenvalue weighted by Crippen LogP contribution is 2.07. The van der Waals surface area contributed by atoms with Gasteiger partial charge in [-0.25, -0.2) is 0 Å². The number of carbonyl (C=O) groups excluding carboxylic acids is 1. The van der Waals surface area contributed by atoms with Gasteiger partial charge in [-0.2, -0.15) is 0 Å². The van der Waals surface area contributed by atoms with E-state index in [4.69, 9.17) is 5.73 Å². The molecule has 0 fully saturated rings. The lowest BCUT2D eigenvalue weighted by Gasteiger charge is -2.10. The van der Waals surface area contributed by atoms with Crippen LogP contribution in [-0.4, -0.2) is 25.5 Å². The van der Waals surface area contributed by atoms with Crippen LogP contribution in [0.2, 0.25) is 0 Å². The maximum Gasteiger partial charge on any atom is 0.220 e. The van der Waals surface area contributed by atoms with Gasteiger partial charge in [0, 0.05) is 19.5 Å². The first-order chi connectivity index (χ1) is 9.60. The maximum atomic E-state index is 11.7. The molecular formula is C16H33N3O. The van der Waals surface area contributed by atoms with Crippen LogP contribution in [0.4, 0.5) is 0 Å². The summed E-state index contributed by atoms with van der Waals surface area (Å²) in [6.07, 6.45) is 8.86. The first-order valence-corrected chi connectivity index (χ1v) is 7.96. The molecule has 118 valence electrons. The number of rotatable bonds is 12. The van der Waals surface area contributed by atoms with Gasteiger partial charge >= 0.3 is 0 Å². The molecule has 0 aliphatic carbocycles. The normalized spacial score (nSPS) is 14.2. The van der Waals surface area contributed by atoms with Crippen LogP contribution < -0.4 is 16.4 Å². The molecule has 0 radical (unpaired) electrons. The molecule has 4 N–H and O–H groups in total. The largest absolute Gasteiger partial charge is 0.391 e. The first-order valence-electron chi connectivity index (χ1n) is 7.96. The van der Waals surface area contributed by atoms with Crippen LogP contribution in [0, 0.1) is 11.8 Å². The number of amides is 1. The molecule has 0 heterocycles. The number of allylic oxidation sites excluding steroid dienone is 1. The summed E-state index contributed by atoms with van der Waals surface area (Å²) < 4.78 is 0. The summed E-state index contributed by atoms with van der Waals surface area (Å²) in [5.41, 5.74) is 5.55. The van der Waals surface area contributed by atoms with Crippen LogP contribution >= 0.6 is 0 Å². The van der Waals surface area contributed by atoms with Crippen LogP contribution in [0.1, 0.15) is 52.9 Å². The molecule has 0 spiro atoms. The molecule has 1 amide bonds. The molecule has 0 aromatic heterocycles. The highest BCUT2D eigenvalue weighted by Gasteiger charge is 2.04. The molecule has 20 heavy (non-hydrogen) atoms. The highest BCUT2D eigenvalue weighted by atomic mass is 16.1. The second-order valence-corrected chi connectivity index (χ2v) is 5.66. The minimum atomic E-state index is 0.159. The Bertz CT molecular complexity index is 266. The standard InChI is InChI=1S/C16H33N3O/c1-4-10-18-12-9-14(2)7-8-16(20)19-11-5-6-15(3)13-17/h9,12,14-15,18H,4-8,10-11,13,17H2,1-3H3,(H,19,20)/b12-9+. The third-order valence-electron chi connectivity index (χ3n) is 3.36. The van der Waals surface area contributed by atoms with Crippen LogP contribution in [0.15, 0.2) is 12.3 Å². The van der Waals surface area contributed by atoms with Gasteiger partial charge in [0.2, 0.25) is 5.91 Å². The second-order valence-electron chi connectivity index (χ2n) is 5.66. The van der Waals surface area contributed by atoms with Gasteiger partial charge in [-0.1, -0.05) is 26.8 Å². The zero-order valence-electron chi connectivity index (χ0n) is 13.5. The predicted octanol–water partition coefficient (Wildman–Crippen LogP) is 2.41. The van der Waals surface area contributed by atoms with Gasteiger partial charge in [0.25, 0.3) is 0 Å². The third kappa shape index (κ3) is 12.0. The Morgan fingerprint density at radius 1 is 1.25 bits per heavy atom. The summed E-state index contributed by atoms with van der Waals surface area (Å²) in [5, 5.41) is 6.19. The quantitative estimate of drug-likeness (QED) is 0.482. The topological polar surface area (TPSA) is 67.2 Å². The van der Waals surface area contributed by atoms with Crippen molar-refractivity contribution in [3.8, 4) is 0 Å². The van der Waals surface area contributed by atoms with Crippen molar-refractivity contribution >= 4 is 5.91 Å². The summed E-state index contributed by atoms with van der Waals surface area (Å²) in [4.78, 5) is 11.7. The zero-order valence-corrected chi connectivity index (χ0v) is 13.5. The van der Waals surface area contributed by atoms with E-state index in [1.54, 1.807) is 0 Å². The van der Waals surface area contributed by atoms with Crippen molar-refractivity contribution in [2.75, 3.05) is 19.6 Å².